The second-order valence-corrected chi connectivity index (χ2v) is 7.49. The third-order valence-electron chi connectivity index (χ3n) is 4.31. The molecule has 7 nitrogen and oxygen atoms in total. The molecule has 2 N–H and O–H groups in total. The summed E-state index contributed by atoms with van der Waals surface area (Å²) in [6, 6.07) is 9.66. The predicted octanol–water partition coefficient (Wildman–Crippen LogP) is 3.15. The smallest absolute Gasteiger partial charge is 0.410 e. The molecule has 2 heterocycles. The lowest BCUT2D eigenvalue weighted by molar-refractivity contribution is -0.0145. The number of hydrogen-bond acceptors (Lipinski definition) is 5. The normalized spacial score (nSPS) is 16.9. The number of nitrogens with zero attached hydrogens (tertiary/aromatic N) is 3. The Morgan fingerprint density at radius 1 is 1.31 bits per heavy atom. The molecule has 1 aliphatic rings. The van der Waals surface area contributed by atoms with Crippen molar-refractivity contribution in [2.24, 2.45) is 0 Å². The zero-order valence-electron chi connectivity index (χ0n) is 15.7. The van der Waals surface area contributed by atoms with Crippen LogP contribution in [0.2, 0.25) is 0 Å². The molecular formula is C19H26N4O3. The highest BCUT2D eigenvalue weighted by Crippen LogP contribution is 2.27. The Labute approximate surface area is 153 Å². The van der Waals surface area contributed by atoms with Crippen LogP contribution >= 0.6 is 0 Å². The van der Waals surface area contributed by atoms with Crippen molar-refractivity contribution < 1.29 is 14.3 Å². The van der Waals surface area contributed by atoms with Crippen LogP contribution in [0.3, 0.4) is 0 Å². The van der Waals surface area contributed by atoms with Gasteiger partial charge in [0.2, 0.25) is 5.88 Å². The minimum Gasteiger partial charge on any atom is -0.474 e. The van der Waals surface area contributed by atoms with Gasteiger partial charge in [-0.1, -0.05) is 18.2 Å². The lowest BCUT2D eigenvalue weighted by Crippen LogP contribution is -2.55. The van der Waals surface area contributed by atoms with Gasteiger partial charge in [0, 0.05) is 6.54 Å². The first kappa shape index (κ1) is 18.1. The first-order valence-corrected chi connectivity index (χ1v) is 8.79. The summed E-state index contributed by atoms with van der Waals surface area (Å²) in [5.74, 6) is 1.03. The van der Waals surface area contributed by atoms with Crippen LogP contribution in [0, 0.1) is 6.92 Å². The molecule has 1 atom stereocenters. The first-order chi connectivity index (χ1) is 12.3. The Kier molecular flexibility index (Phi) is 4.80. The minimum atomic E-state index is -0.502. The van der Waals surface area contributed by atoms with Gasteiger partial charge >= 0.3 is 6.09 Å². The van der Waals surface area contributed by atoms with Crippen molar-refractivity contribution in [2.45, 2.75) is 45.8 Å². The quantitative estimate of drug-likeness (QED) is 0.908. The molecule has 0 saturated carbocycles. The summed E-state index contributed by atoms with van der Waals surface area (Å²) >= 11 is 0. The molecule has 1 aromatic heterocycles. The second kappa shape index (κ2) is 6.90. The van der Waals surface area contributed by atoms with E-state index in [1.165, 1.54) is 0 Å². The molecule has 7 heteroatoms. The van der Waals surface area contributed by atoms with Gasteiger partial charge in [0.05, 0.1) is 17.3 Å². The maximum absolute atomic E-state index is 12.2. The number of anilines is 1. The van der Waals surface area contributed by atoms with E-state index in [1.54, 1.807) is 9.58 Å². The molecule has 26 heavy (non-hydrogen) atoms. The first-order valence-electron chi connectivity index (χ1n) is 8.79. The summed E-state index contributed by atoms with van der Waals surface area (Å²) in [5.41, 5.74) is 7.33. The van der Waals surface area contributed by atoms with E-state index in [0.717, 1.165) is 17.7 Å². The van der Waals surface area contributed by atoms with Crippen molar-refractivity contribution in [3.8, 4) is 11.6 Å². The van der Waals surface area contributed by atoms with Crippen molar-refractivity contribution >= 4 is 11.9 Å². The topological polar surface area (TPSA) is 82.6 Å². The Balaban J connectivity index is 1.65. The monoisotopic (exact) mass is 358 g/mol. The van der Waals surface area contributed by atoms with Crippen LogP contribution in [0.1, 0.15) is 32.8 Å². The standard InChI is InChI=1S/C19H26N4O3/c1-13-16(20)23(14-8-6-5-7-9-14)21-17(13)25-12-15-10-11-22(15)18(24)26-19(2,3)4/h5-9,15H,10-12,20H2,1-4H3/t15-/m1/s1. The lowest BCUT2D eigenvalue weighted by atomic mass is 10.1. The molecule has 1 amide bonds. The van der Waals surface area contributed by atoms with Crippen LogP contribution in [-0.2, 0) is 4.74 Å². The largest absolute Gasteiger partial charge is 0.474 e. The Hall–Kier alpha value is -2.70. The molecule has 0 bridgehead atoms. The van der Waals surface area contributed by atoms with Gasteiger partial charge in [-0.15, -0.1) is 5.10 Å². The summed E-state index contributed by atoms with van der Waals surface area (Å²) in [5, 5.41) is 4.47. The minimum absolute atomic E-state index is 0.00708. The number of ether oxygens (including phenoxy) is 2. The van der Waals surface area contributed by atoms with Gasteiger partial charge in [0.25, 0.3) is 0 Å². The molecule has 1 fully saturated rings. The second-order valence-electron chi connectivity index (χ2n) is 7.49. The molecule has 0 spiro atoms. The van der Waals surface area contributed by atoms with Crippen LogP contribution in [0.25, 0.3) is 5.69 Å². The van der Waals surface area contributed by atoms with Gasteiger partial charge in [-0.3, -0.25) is 0 Å². The Morgan fingerprint density at radius 3 is 2.58 bits per heavy atom. The molecule has 1 saturated heterocycles. The van der Waals surface area contributed by atoms with Gasteiger partial charge in [-0.2, -0.15) is 0 Å². The lowest BCUT2D eigenvalue weighted by Gasteiger charge is -2.40. The molecule has 0 unspecified atom stereocenters. The summed E-state index contributed by atoms with van der Waals surface area (Å²) in [6.07, 6.45) is 0.580. The number of rotatable bonds is 4. The molecule has 3 rings (SSSR count). The van der Waals surface area contributed by atoms with E-state index in [1.807, 2.05) is 58.0 Å². The SMILES string of the molecule is Cc1c(OC[C@H]2CCN2C(=O)OC(C)(C)C)nn(-c2ccccc2)c1N. The van der Waals surface area contributed by atoms with Crippen molar-refractivity contribution in [1.29, 1.82) is 0 Å². The summed E-state index contributed by atoms with van der Waals surface area (Å²) in [7, 11) is 0. The van der Waals surface area contributed by atoms with Gasteiger partial charge in [-0.25, -0.2) is 9.48 Å². The molecule has 1 aromatic carbocycles. The van der Waals surface area contributed by atoms with E-state index in [9.17, 15) is 4.79 Å². The van der Waals surface area contributed by atoms with Crippen molar-refractivity contribution in [3.63, 3.8) is 0 Å². The number of benzene rings is 1. The Bertz CT molecular complexity index is 780. The molecule has 0 aliphatic carbocycles. The maximum Gasteiger partial charge on any atom is 0.410 e. The highest BCUT2D eigenvalue weighted by atomic mass is 16.6. The fourth-order valence-electron chi connectivity index (χ4n) is 2.74. The zero-order valence-corrected chi connectivity index (χ0v) is 15.7. The van der Waals surface area contributed by atoms with Gasteiger partial charge in [-0.05, 0) is 46.2 Å². The van der Waals surface area contributed by atoms with Gasteiger partial charge in [0.1, 0.15) is 18.0 Å². The van der Waals surface area contributed by atoms with Gasteiger partial charge in [0.15, 0.2) is 0 Å². The molecular weight excluding hydrogens is 332 g/mol. The van der Waals surface area contributed by atoms with Crippen LogP contribution in [0.15, 0.2) is 30.3 Å². The molecule has 1 aliphatic heterocycles. The molecule has 2 aromatic rings. The van der Waals surface area contributed by atoms with Crippen LogP contribution in [0.5, 0.6) is 5.88 Å². The van der Waals surface area contributed by atoms with E-state index >= 15 is 0 Å². The van der Waals surface area contributed by atoms with E-state index in [4.69, 9.17) is 15.2 Å². The predicted molar refractivity (Wildman–Crippen MR) is 99.6 cm³/mol. The van der Waals surface area contributed by atoms with Crippen LogP contribution in [0.4, 0.5) is 10.6 Å². The number of aromatic nitrogens is 2. The number of carbonyl (C=O) groups is 1. The van der Waals surface area contributed by atoms with E-state index in [-0.39, 0.29) is 12.1 Å². The van der Waals surface area contributed by atoms with Crippen LogP contribution in [-0.4, -0.2) is 45.6 Å². The number of nitrogens with two attached hydrogens (primary N) is 1. The fraction of sp³-hybridized carbons (Fsp3) is 0.474. The van der Waals surface area contributed by atoms with Crippen molar-refractivity contribution in [1.82, 2.24) is 14.7 Å². The highest BCUT2D eigenvalue weighted by molar-refractivity contribution is 5.69. The van der Waals surface area contributed by atoms with Crippen molar-refractivity contribution in [2.75, 3.05) is 18.9 Å². The fourth-order valence-corrected chi connectivity index (χ4v) is 2.74. The van der Waals surface area contributed by atoms with E-state index < -0.39 is 5.60 Å². The van der Waals surface area contributed by atoms with E-state index in [0.29, 0.717) is 24.8 Å². The highest BCUT2D eigenvalue weighted by Gasteiger charge is 2.36. The molecule has 0 radical (unpaired) electrons. The van der Waals surface area contributed by atoms with Crippen molar-refractivity contribution in [3.05, 3.63) is 35.9 Å². The van der Waals surface area contributed by atoms with E-state index in [2.05, 4.69) is 5.10 Å². The number of nitrogen functional groups attached to an aromatic ring is 1. The zero-order chi connectivity index (χ0) is 18.9. The van der Waals surface area contributed by atoms with Crippen LogP contribution < -0.4 is 10.5 Å². The number of amides is 1. The summed E-state index contributed by atoms with van der Waals surface area (Å²) in [6.45, 7) is 8.51. The molecule has 140 valence electrons. The average molecular weight is 358 g/mol. The maximum atomic E-state index is 12.2. The third-order valence-corrected chi connectivity index (χ3v) is 4.31. The average Bonchev–Trinajstić information content (AvgIpc) is 2.81. The number of carbonyl (C=O) groups excluding carboxylic acids is 1. The number of para-hydroxylation sites is 1. The third kappa shape index (κ3) is 3.76. The number of hydrogen-bond donors (Lipinski definition) is 1. The summed E-state index contributed by atoms with van der Waals surface area (Å²) in [4.78, 5) is 13.9. The van der Waals surface area contributed by atoms with Gasteiger partial charge < -0.3 is 20.1 Å². The number of likely N-dealkylation sites (tertiary alicyclic amines) is 1. The Morgan fingerprint density at radius 2 is 2.00 bits per heavy atom. The summed E-state index contributed by atoms with van der Waals surface area (Å²) < 4.78 is 13.0.